The number of ketones is 1. The summed E-state index contributed by atoms with van der Waals surface area (Å²) < 4.78 is 45.0. The number of benzene rings is 2. The fraction of sp³-hybridized carbons (Fsp3) is 0.211. The first kappa shape index (κ1) is 17.7. The van der Waals surface area contributed by atoms with Crippen LogP contribution in [0.3, 0.4) is 0 Å². The molecule has 1 aliphatic heterocycles. The second-order valence-electron chi connectivity index (χ2n) is 5.28. The first-order valence-electron chi connectivity index (χ1n) is 7.90. The van der Waals surface area contributed by atoms with Crippen LogP contribution in [-0.2, 0) is 0 Å². The van der Waals surface area contributed by atoms with Crippen LogP contribution >= 0.6 is 0 Å². The smallest absolute Gasteiger partial charge is 0.387 e. The van der Waals surface area contributed by atoms with Gasteiger partial charge in [0.2, 0.25) is 6.79 Å². The molecule has 0 aliphatic carbocycles. The van der Waals surface area contributed by atoms with Gasteiger partial charge in [-0.3, -0.25) is 4.79 Å². The molecular formula is C19H16F2O5. The summed E-state index contributed by atoms with van der Waals surface area (Å²) in [6.07, 6.45) is 2.96. The third kappa shape index (κ3) is 4.11. The Bertz CT molecular complexity index is 833. The van der Waals surface area contributed by atoms with Crippen molar-refractivity contribution < 1.29 is 32.5 Å². The van der Waals surface area contributed by atoms with Crippen molar-refractivity contribution in [1.29, 1.82) is 0 Å². The molecule has 5 nitrogen and oxygen atoms in total. The van der Waals surface area contributed by atoms with Crippen molar-refractivity contribution in [3.63, 3.8) is 0 Å². The second-order valence-corrected chi connectivity index (χ2v) is 5.28. The molecule has 0 spiro atoms. The molecule has 7 heteroatoms. The highest BCUT2D eigenvalue weighted by Gasteiger charge is 2.15. The monoisotopic (exact) mass is 362 g/mol. The molecule has 2 aromatic carbocycles. The van der Waals surface area contributed by atoms with Crippen LogP contribution in [-0.4, -0.2) is 25.8 Å². The Morgan fingerprint density at radius 1 is 1.15 bits per heavy atom. The Hall–Kier alpha value is -3.09. The van der Waals surface area contributed by atoms with Crippen LogP contribution in [0.4, 0.5) is 8.78 Å². The number of fused-ring (bicyclic) bond motifs is 1. The van der Waals surface area contributed by atoms with Crippen LogP contribution in [0, 0.1) is 0 Å². The lowest BCUT2D eigenvalue weighted by Gasteiger charge is -2.11. The van der Waals surface area contributed by atoms with Gasteiger partial charge >= 0.3 is 6.61 Å². The number of ether oxygens (including phenoxy) is 4. The number of carbonyl (C=O) groups is 1. The van der Waals surface area contributed by atoms with Gasteiger partial charge in [0.25, 0.3) is 0 Å². The molecule has 0 saturated carbocycles. The summed E-state index contributed by atoms with van der Waals surface area (Å²) in [7, 11) is 0. The molecule has 0 fully saturated rings. The number of hydrogen-bond donors (Lipinski definition) is 0. The molecule has 3 rings (SSSR count). The predicted molar refractivity (Wildman–Crippen MR) is 90.2 cm³/mol. The van der Waals surface area contributed by atoms with Crippen molar-refractivity contribution in [2.24, 2.45) is 0 Å². The Kier molecular flexibility index (Phi) is 5.36. The molecule has 2 aromatic rings. The zero-order chi connectivity index (χ0) is 18.5. The van der Waals surface area contributed by atoms with E-state index in [-0.39, 0.29) is 24.1 Å². The largest absolute Gasteiger partial charge is 0.490 e. The number of alkyl halides is 2. The van der Waals surface area contributed by atoms with E-state index < -0.39 is 6.61 Å². The molecular weight excluding hydrogens is 346 g/mol. The molecule has 0 saturated heterocycles. The molecule has 0 unspecified atom stereocenters. The van der Waals surface area contributed by atoms with Gasteiger partial charge in [-0.1, -0.05) is 12.1 Å². The molecule has 136 valence electrons. The first-order chi connectivity index (χ1) is 12.6. The van der Waals surface area contributed by atoms with E-state index in [2.05, 4.69) is 4.74 Å². The van der Waals surface area contributed by atoms with E-state index in [4.69, 9.17) is 14.2 Å². The number of halogens is 2. The molecule has 26 heavy (non-hydrogen) atoms. The van der Waals surface area contributed by atoms with Gasteiger partial charge in [0, 0.05) is 5.56 Å². The maximum absolute atomic E-state index is 12.4. The van der Waals surface area contributed by atoms with Crippen molar-refractivity contribution in [3.05, 3.63) is 53.6 Å². The van der Waals surface area contributed by atoms with E-state index in [9.17, 15) is 13.6 Å². The SMILES string of the molecule is CCOc1cc(C=CC(=O)c2ccc3c(c2)OCO3)ccc1OC(F)F. The number of rotatable bonds is 7. The minimum absolute atomic E-state index is 0.0545. The second kappa shape index (κ2) is 7.86. The summed E-state index contributed by atoms with van der Waals surface area (Å²) in [6, 6.07) is 9.40. The van der Waals surface area contributed by atoms with E-state index in [0.29, 0.717) is 29.2 Å². The third-order valence-corrected chi connectivity index (χ3v) is 3.57. The standard InChI is InChI=1S/C19H16F2O5/c1-2-23-17-9-12(4-7-16(17)26-19(20)21)3-6-14(22)13-5-8-15-18(10-13)25-11-24-15/h3-10,19H,2,11H2,1H3. The van der Waals surface area contributed by atoms with Gasteiger partial charge in [-0.25, -0.2) is 0 Å². The Balaban J connectivity index is 1.76. The molecule has 0 N–H and O–H groups in total. The average molecular weight is 362 g/mol. The van der Waals surface area contributed by atoms with Crippen LogP contribution in [0.1, 0.15) is 22.8 Å². The van der Waals surface area contributed by atoms with Crippen molar-refractivity contribution in [1.82, 2.24) is 0 Å². The van der Waals surface area contributed by atoms with Gasteiger partial charge in [-0.15, -0.1) is 0 Å². The molecule has 0 radical (unpaired) electrons. The molecule has 1 heterocycles. The molecule has 1 aliphatic rings. The van der Waals surface area contributed by atoms with Gasteiger partial charge in [0.15, 0.2) is 28.8 Å². The lowest BCUT2D eigenvalue weighted by Crippen LogP contribution is -2.04. The minimum Gasteiger partial charge on any atom is -0.490 e. The van der Waals surface area contributed by atoms with Crippen molar-refractivity contribution in [2.75, 3.05) is 13.4 Å². The van der Waals surface area contributed by atoms with Gasteiger partial charge in [-0.2, -0.15) is 8.78 Å². The van der Waals surface area contributed by atoms with Crippen molar-refractivity contribution >= 4 is 11.9 Å². The quantitative estimate of drug-likeness (QED) is 0.543. The van der Waals surface area contributed by atoms with E-state index in [1.807, 2.05) is 0 Å². The molecule has 0 atom stereocenters. The van der Waals surface area contributed by atoms with E-state index >= 15 is 0 Å². The molecule has 0 bridgehead atoms. The number of allylic oxidation sites excluding steroid dienone is 1. The maximum atomic E-state index is 12.4. The highest BCUT2D eigenvalue weighted by Crippen LogP contribution is 2.33. The van der Waals surface area contributed by atoms with Crippen molar-refractivity contribution in [2.45, 2.75) is 13.5 Å². The number of carbonyl (C=O) groups excluding carboxylic acids is 1. The summed E-state index contributed by atoms with van der Waals surface area (Å²) in [5.74, 6) is 1.03. The first-order valence-corrected chi connectivity index (χ1v) is 7.90. The summed E-state index contributed by atoms with van der Waals surface area (Å²) in [6.45, 7) is -0.778. The van der Waals surface area contributed by atoms with E-state index in [1.165, 1.54) is 18.2 Å². The fourth-order valence-corrected chi connectivity index (χ4v) is 2.41. The van der Waals surface area contributed by atoms with Crippen LogP contribution in [0.5, 0.6) is 23.0 Å². The summed E-state index contributed by atoms with van der Waals surface area (Å²) in [5.41, 5.74) is 1.07. The zero-order valence-electron chi connectivity index (χ0n) is 13.9. The van der Waals surface area contributed by atoms with E-state index in [0.717, 1.165) is 0 Å². The van der Waals surface area contributed by atoms with Gasteiger partial charge in [0.05, 0.1) is 6.61 Å². The third-order valence-electron chi connectivity index (χ3n) is 3.57. The average Bonchev–Trinajstić information content (AvgIpc) is 3.09. The van der Waals surface area contributed by atoms with Crippen LogP contribution in [0.25, 0.3) is 6.08 Å². The Morgan fingerprint density at radius 2 is 1.96 bits per heavy atom. The van der Waals surface area contributed by atoms with Crippen LogP contribution < -0.4 is 18.9 Å². The number of hydrogen-bond acceptors (Lipinski definition) is 5. The van der Waals surface area contributed by atoms with Gasteiger partial charge in [-0.05, 0) is 48.9 Å². The zero-order valence-corrected chi connectivity index (χ0v) is 13.9. The van der Waals surface area contributed by atoms with Gasteiger partial charge < -0.3 is 18.9 Å². The van der Waals surface area contributed by atoms with Crippen LogP contribution in [0.2, 0.25) is 0 Å². The minimum atomic E-state index is -2.94. The molecule has 0 amide bonds. The predicted octanol–water partition coefficient (Wildman–Crippen LogP) is 4.31. The topological polar surface area (TPSA) is 54.0 Å². The highest BCUT2D eigenvalue weighted by molar-refractivity contribution is 6.07. The highest BCUT2D eigenvalue weighted by atomic mass is 19.3. The fourth-order valence-electron chi connectivity index (χ4n) is 2.41. The van der Waals surface area contributed by atoms with E-state index in [1.54, 1.807) is 37.3 Å². The normalized spacial score (nSPS) is 12.6. The lowest BCUT2D eigenvalue weighted by molar-refractivity contribution is -0.0514. The van der Waals surface area contributed by atoms with Gasteiger partial charge in [0.1, 0.15) is 0 Å². The lowest BCUT2D eigenvalue weighted by atomic mass is 10.1. The molecule has 0 aromatic heterocycles. The Labute approximate surface area is 148 Å². The maximum Gasteiger partial charge on any atom is 0.387 e. The van der Waals surface area contributed by atoms with Crippen LogP contribution in [0.15, 0.2) is 42.5 Å². The summed E-state index contributed by atoms with van der Waals surface area (Å²) in [5, 5.41) is 0. The summed E-state index contributed by atoms with van der Waals surface area (Å²) in [4.78, 5) is 12.3. The summed E-state index contributed by atoms with van der Waals surface area (Å²) >= 11 is 0. The van der Waals surface area contributed by atoms with Crippen molar-refractivity contribution in [3.8, 4) is 23.0 Å². The Morgan fingerprint density at radius 3 is 2.73 bits per heavy atom.